The highest BCUT2D eigenvalue weighted by Crippen LogP contribution is 2.32. The first-order chi connectivity index (χ1) is 13.6. The van der Waals surface area contributed by atoms with Gasteiger partial charge in [0.25, 0.3) is 0 Å². The minimum absolute atomic E-state index is 0.00372. The molecule has 1 amide bonds. The number of nitrogens with one attached hydrogen (secondary N) is 1. The molecule has 1 aliphatic rings. The molecule has 1 fully saturated rings. The molecule has 1 saturated heterocycles. The zero-order valence-electron chi connectivity index (χ0n) is 16.5. The number of carbonyl (C=O) groups excluding carboxylic acids is 1. The molecule has 0 unspecified atom stereocenters. The van der Waals surface area contributed by atoms with Crippen LogP contribution in [0.15, 0.2) is 53.1 Å². The molecule has 5 nitrogen and oxygen atoms in total. The molecule has 28 heavy (non-hydrogen) atoms. The largest absolute Gasteiger partial charge is 0.459 e. The Hall–Kier alpha value is -2.66. The quantitative estimate of drug-likeness (QED) is 0.723. The van der Waals surface area contributed by atoms with Gasteiger partial charge in [-0.3, -0.25) is 14.7 Å². The van der Waals surface area contributed by atoms with Crippen molar-refractivity contribution in [2.75, 3.05) is 13.1 Å². The van der Waals surface area contributed by atoms with Crippen molar-refractivity contribution >= 4 is 16.9 Å². The molecule has 3 aromatic rings. The number of fused-ring (bicyclic) bond motifs is 1. The maximum absolute atomic E-state index is 11.7. The van der Waals surface area contributed by atoms with Gasteiger partial charge in [0.15, 0.2) is 0 Å². The van der Waals surface area contributed by atoms with Crippen LogP contribution in [0.5, 0.6) is 0 Å². The van der Waals surface area contributed by atoms with E-state index in [0.717, 1.165) is 49.5 Å². The zero-order valence-corrected chi connectivity index (χ0v) is 16.5. The molecule has 0 saturated carbocycles. The number of likely N-dealkylation sites (tertiary alicyclic amines) is 1. The third-order valence-electron chi connectivity index (χ3n) is 5.78. The highest BCUT2D eigenvalue weighted by atomic mass is 16.3. The van der Waals surface area contributed by atoms with E-state index >= 15 is 0 Å². The van der Waals surface area contributed by atoms with Crippen molar-refractivity contribution < 1.29 is 9.21 Å². The number of hydrogen-bond donors (Lipinski definition) is 1. The third-order valence-corrected chi connectivity index (χ3v) is 5.78. The number of aryl methyl sites for hydroxylation is 1. The van der Waals surface area contributed by atoms with Crippen molar-refractivity contribution in [3.05, 3.63) is 65.7 Å². The molecular weight excluding hydrogens is 350 g/mol. The van der Waals surface area contributed by atoms with E-state index < -0.39 is 0 Å². The predicted octanol–water partition coefficient (Wildman–Crippen LogP) is 4.23. The van der Waals surface area contributed by atoms with Crippen molar-refractivity contribution in [1.29, 1.82) is 0 Å². The molecule has 0 radical (unpaired) electrons. The lowest BCUT2D eigenvalue weighted by Gasteiger charge is -2.35. The monoisotopic (exact) mass is 377 g/mol. The van der Waals surface area contributed by atoms with Crippen molar-refractivity contribution in [2.45, 2.75) is 39.3 Å². The van der Waals surface area contributed by atoms with E-state index in [9.17, 15) is 4.79 Å². The minimum Gasteiger partial charge on any atom is -0.459 e. The lowest BCUT2D eigenvalue weighted by molar-refractivity contribution is -0.120. The van der Waals surface area contributed by atoms with Crippen LogP contribution in [0.1, 0.15) is 42.8 Å². The van der Waals surface area contributed by atoms with Gasteiger partial charge in [-0.25, -0.2) is 0 Å². The Balaban J connectivity index is 1.43. The average molecular weight is 377 g/mol. The molecule has 3 heterocycles. The molecule has 1 N–H and O–H groups in total. The van der Waals surface area contributed by atoms with Crippen LogP contribution in [0.25, 0.3) is 11.0 Å². The normalized spacial score (nSPS) is 16.9. The summed E-state index contributed by atoms with van der Waals surface area (Å²) in [5.74, 6) is 1.45. The Kier molecular flexibility index (Phi) is 5.44. The van der Waals surface area contributed by atoms with E-state index in [1.54, 1.807) is 13.1 Å². The van der Waals surface area contributed by atoms with Crippen molar-refractivity contribution in [2.24, 2.45) is 5.92 Å². The Labute approximate surface area is 165 Å². The molecule has 4 rings (SSSR count). The van der Waals surface area contributed by atoms with Crippen LogP contribution in [0.4, 0.5) is 0 Å². The summed E-state index contributed by atoms with van der Waals surface area (Å²) >= 11 is 0. The van der Waals surface area contributed by atoms with Crippen molar-refractivity contribution in [1.82, 2.24) is 15.2 Å². The molecule has 0 bridgehead atoms. The van der Waals surface area contributed by atoms with E-state index in [2.05, 4.69) is 34.3 Å². The van der Waals surface area contributed by atoms with Gasteiger partial charge in [0, 0.05) is 18.5 Å². The smallest absolute Gasteiger partial charge is 0.217 e. The Morgan fingerprint density at radius 1 is 1.21 bits per heavy atom. The van der Waals surface area contributed by atoms with Crippen LogP contribution in [0, 0.1) is 12.8 Å². The van der Waals surface area contributed by atoms with E-state index in [0.29, 0.717) is 5.92 Å². The van der Waals surface area contributed by atoms with E-state index in [1.807, 2.05) is 30.3 Å². The Morgan fingerprint density at radius 3 is 2.64 bits per heavy atom. The number of nitrogens with zero attached hydrogens (tertiary/aromatic N) is 2. The molecular formula is C23H27N3O2. The zero-order chi connectivity index (χ0) is 19.5. The summed E-state index contributed by atoms with van der Waals surface area (Å²) in [5, 5.41) is 4.32. The number of para-hydroxylation sites is 1. The molecule has 2 aromatic heterocycles. The summed E-state index contributed by atoms with van der Waals surface area (Å²) in [6.07, 6.45) is 3.85. The number of carbonyl (C=O) groups is 1. The summed E-state index contributed by atoms with van der Waals surface area (Å²) in [6, 6.07) is 14.1. The van der Waals surface area contributed by atoms with Crippen LogP contribution in [0.3, 0.4) is 0 Å². The molecule has 5 heteroatoms. The second-order valence-corrected chi connectivity index (χ2v) is 7.69. The summed E-state index contributed by atoms with van der Waals surface area (Å²) < 4.78 is 6.09. The Bertz CT molecular complexity index is 943. The van der Waals surface area contributed by atoms with Crippen LogP contribution >= 0.6 is 0 Å². The maximum Gasteiger partial charge on any atom is 0.217 e. The maximum atomic E-state index is 11.7. The molecule has 1 aliphatic heterocycles. The van der Waals surface area contributed by atoms with Gasteiger partial charge >= 0.3 is 0 Å². The van der Waals surface area contributed by atoms with Crippen LogP contribution in [-0.4, -0.2) is 28.9 Å². The highest BCUT2D eigenvalue weighted by Gasteiger charge is 2.29. The second kappa shape index (κ2) is 8.15. The molecule has 1 atom stereocenters. The van der Waals surface area contributed by atoms with Gasteiger partial charge in [0.05, 0.1) is 18.3 Å². The summed E-state index contributed by atoms with van der Waals surface area (Å²) in [7, 11) is 0. The third kappa shape index (κ3) is 3.94. The van der Waals surface area contributed by atoms with Crippen molar-refractivity contribution in [3.8, 4) is 0 Å². The summed E-state index contributed by atoms with van der Waals surface area (Å²) in [6.45, 7) is 6.53. The first-order valence-electron chi connectivity index (χ1n) is 9.99. The molecule has 0 spiro atoms. The Morgan fingerprint density at radius 2 is 1.96 bits per heavy atom. The fraction of sp³-hybridized carbons (Fsp3) is 0.391. The van der Waals surface area contributed by atoms with Gasteiger partial charge < -0.3 is 9.73 Å². The average Bonchev–Trinajstić information content (AvgIpc) is 3.03. The standard InChI is InChI=1S/C23H27N3O2/c1-16-19-7-3-4-9-21(19)28-22(16)15-26-13-10-18(11-14-26)23(25-17(2)27)20-8-5-6-12-24-20/h3-9,12,18,23H,10-11,13-15H2,1-2H3,(H,25,27)/t23-/m0/s1. The van der Waals surface area contributed by atoms with Gasteiger partial charge in [0.1, 0.15) is 11.3 Å². The number of amides is 1. The minimum atomic E-state index is -0.0196. The van der Waals surface area contributed by atoms with E-state index in [1.165, 1.54) is 10.9 Å². The fourth-order valence-electron chi connectivity index (χ4n) is 4.24. The number of aromatic nitrogens is 1. The second-order valence-electron chi connectivity index (χ2n) is 7.69. The first kappa shape index (κ1) is 18.7. The lowest BCUT2D eigenvalue weighted by atomic mass is 9.87. The number of piperidine rings is 1. The van der Waals surface area contributed by atoms with Gasteiger partial charge in [0.2, 0.25) is 5.91 Å². The number of hydrogen-bond acceptors (Lipinski definition) is 4. The summed E-state index contributed by atoms with van der Waals surface area (Å²) in [4.78, 5) is 18.7. The van der Waals surface area contributed by atoms with Crippen LogP contribution in [0.2, 0.25) is 0 Å². The lowest BCUT2D eigenvalue weighted by Crippen LogP contribution is -2.40. The van der Waals surface area contributed by atoms with Crippen LogP contribution in [-0.2, 0) is 11.3 Å². The molecule has 146 valence electrons. The first-order valence-corrected chi connectivity index (χ1v) is 9.99. The van der Waals surface area contributed by atoms with E-state index in [4.69, 9.17) is 4.42 Å². The van der Waals surface area contributed by atoms with Gasteiger partial charge in [-0.15, -0.1) is 0 Å². The number of furan rings is 1. The van der Waals surface area contributed by atoms with Crippen LogP contribution < -0.4 is 5.32 Å². The van der Waals surface area contributed by atoms with Gasteiger partial charge in [-0.2, -0.15) is 0 Å². The van der Waals surface area contributed by atoms with E-state index in [-0.39, 0.29) is 11.9 Å². The number of benzene rings is 1. The summed E-state index contributed by atoms with van der Waals surface area (Å²) in [5.41, 5.74) is 3.15. The SMILES string of the molecule is CC(=O)N[C@H](c1ccccn1)C1CCN(Cc2oc3ccccc3c2C)CC1. The van der Waals surface area contributed by atoms with Gasteiger partial charge in [-0.05, 0) is 62.5 Å². The predicted molar refractivity (Wildman–Crippen MR) is 110 cm³/mol. The van der Waals surface area contributed by atoms with Gasteiger partial charge in [-0.1, -0.05) is 24.3 Å². The van der Waals surface area contributed by atoms with Crippen molar-refractivity contribution in [3.63, 3.8) is 0 Å². The molecule has 1 aromatic carbocycles. The number of rotatable bonds is 5. The molecule has 0 aliphatic carbocycles. The fourth-order valence-corrected chi connectivity index (χ4v) is 4.24. The highest BCUT2D eigenvalue weighted by molar-refractivity contribution is 5.81. The number of pyridine rings is 1. The topological polar surface area (TPSA) is 58.4 Å².